The van der Waals surface area contributed by atoms with E-state index in [4.69, 9.17) is 16.0 Å². The van der Waals surface area contributed by atoms with Gasteiger partial charge >= 0.3 is 5.63 Å². The zero-order valence-electron chi connectivity index (χ0n) is 9.53. The Morgan fingerprint density at radius 1 is 1.22 bits per heavy atom. The van der Waals surface area contributed by atoms with Crippen molar-refractivity contribution < 1.29 is 9.52 Å². The average molecular weight is 261 g/mol. The number of rotatable bonds is 0. The van der Waals surface area contributed by atoms with Gasteiger partial charge in [-0.05, 0) is 30.7 Å². The highest BCUT2D eigenvalue weighted by molar-refractivity contribution is 6.32. The quantitative estimate of drug-likeness (QED) is 0.496. The Labute approximate surface area is 107 Å². The van der Waals surface area contributed by atoms with Crippen molar-refractivity contribution in [2.75, 3.05) is 0 Å². The summed E-state index contributed by atoms with van der Waals surface area (Å²) in [6, 6.07) is 8.38. The second kappa shape index (κ2) is 3.75. The fraction of sp³-hybridized carbons (Fsp3) is 0.0714. The Morgan fingerprint density at radius 2 is 2.00 bits per heavy atom. The van der Waals surface area contributed by atoms with Gasteiger partial charge in [-0.15, -0.1) is 0 Å². The predicted octanol–water partition coefficient (Wildman–Crippen LogP) is 3.61. The zero-order chi connectivity index (χ0) is 12.9. The Bertz CT molecular complexity index is 834. The lowest BCUT2D eigenvalue weighted by Crippen LogP contribution is -2.00. The number of hydrogen-bond donors (Lipinski definition) is 1. The first kappa shape index (κ1) is 11.1. The molecular weight excluding hydrogens is 252 g/mol. The lowest BCUT2D eigenvalue weighted by molar-refractivity contribution is 0.477. The van der Waals surface area contributed by atoms with Crippen LogP contribution in [0.4, 0.5) is 0 Å². The third-order valence-electron chi connectivity index (χ3n) is 3.00. The van der Waals surface area contributed by atoms with E-state index >= 15 is 0 Å². The number of phenolic OH excluding ortho intramolecular Hbond substituents is 1. The van der Waals surface area contributed by atoms with Crippen LogP contribution in [0.25, 0.3) is 21.7 Å². The Balaban J connectivity index is 2.65. The maximum Gasteiger partial charge on any atom is 0.347 e. The molecule has 2 aromatic carbocycles. The van der Waals surface area contributed by atoms with Gasteiger partial charge in [-0.25, -0.2) is 4.79 Å². The van der Waals surface area contributed by atoms with E-state index < -0.39 is 5.63 Å². The molecule has 1 N–H and O–H groups in total. The van der Waals surface area contributed by atoms with Gasteiger partial charge in [-0.1, -0.05) is 23.7 Å². The van der Waals surface area contributed by atoms with Crippen molar-refractivity contribution >= 4 is 33.3 Å². The number of aryl methyl sites for hydroxylation is 1. The van der Waals surface area contributed by atoms with Crippen molar-refractivity contribution in [1.29, 1.82) is 0 Å². The van der Waals surface area contributed by atoms with Crippen LogP contribution in [0.5, 0.6) is 5.75 Å². The highest BCUT2D eigenvalue weighted by Gasteiger charge is 2.11. The minimum atomic E-state index is -0.544. The molecule has 3 nitrogen and oxygen atoms in total. The van der Waals surface area contributed by atoms with E-state index in [1.807, 2.05) is 6.92 Å². The molecule has 18 heavy (non-hydrogen) atoms. The topological polar surface area (TPSA) is 50.4 Å². The third-order valence-corrected chi connectivity index (χ3v) is 3.41. The molecule has 90 valence electrons. The standard InChI is InChI=1S/C14H9ClO3/c1-7-5-12-9(6-10(7)15)8-3-2-4-11(16)13(8)14(17)18-12/h2-6,16H,1H3. The molecule has 0 atom stereocenters. The number of benzene rings is 2. The molecular formula is C14H9ClO3. The molecule has 1 aromatic heterocycles. The number of hydrogen-bond acceptors (Lipinski definition) is 3. The van der Waals surface area contributed by atoms with Gasteiger partial charge < -0.3 is 9.52 Å². The van der Waals surface area contributed by atoms with E-state index in [0.717, 1.165) is 10.9 Å². The molecule has 0 spiro atoms. The van der Waals surface area contributed by atoms with Crippen LogP contribution < -0.4 is 5.63 Å². The monoisotopic (exact) mass is 260 g/mol. The molecule has 0 bridgehead atoms. The molecule has 1 heterocycles. The smallest absolute Gasteiger partial charge is 0.347 e. The van der Waals surface area contributed by atoms with E-state index in [1.165, 1.54) is 6.07 Å². The Kier molecular flexibility index (Phi) is 2.31. The first-order valence-corrected chi connectivity index (χ1v) is 5.80. The SMILES string of the molecule is Cc1cc2oc(=O)c3c(O)cccc3c2cc1Cl. The van der Waals surface area contributed by atoms with Gasteiger partial charge in [-0.2, -0.15) is 0 Å². The molecule has 0 amide bonds. The van der Waals surface area contributed by atoms with Gasteiger partial charge in [0.05, 0.1) is 0 Å². The molecule has 0 saturated carbocycles. The zero-order valence-corrected chi connectivity index (χ0v) is 10.3. The second-order valence-corrected chi connectivity index (χ2v) is 4.59. The minimum absolute atomic E-state index is 0.0835. The predicted molar refractivity (Wildman–Crippen MR) is 71.4 cm³/mol. The van der Waals surface area contributed by atoms with Gasteiger partial charge in [0, 0.05) is 15.8 Å². The van der Waals surface area contributed by atoms with E-state index in [9.17, 15) is 9.90 Å². The molecule has 3 rings (SSSR count). The van der Waals surface area contributed by atoms with Gasteiger partial charge in [0.2, 0.25) is 0 Å². The molecule has 0 radical (unpaired) electrons. The average Bonchev–Trinajstić information content (AvgIpc) is 2.32. The normalized spacial score (nSPS) is 11.2. The fourth-order valence-corrected chi connectivity index (χ4v) is 2.24. The first-order valence-electron chi connectivity index (χ1n) is 5.42. The first-order chi connectivity index (χ1) is 8.58. The molecule has 3 aromatic rings. The van der Waals surface area contributed by atoms with Crippen molar-refractivity contribution in [3.63, 3.8) is 0 Å². The lowest BCUT2D eigenvalue weighted by Gasteiger charge is -2.05. The van der Waals surface area contributed by atoms with Crippen LogP contribution in [0.2, 0.25) is 5.02 Å². The summed E-state index contributed by atoms with van der Waals surface area (Å²) in [5.41, 5.74) is 0.768. The third kappa shape index (κ3) is 1.48. The largest absolute Gasteiger partial charge is 0.507 e. The number of phenols is 1. The van der Waals surface area contributed by atoms with Gasteiger partial charge in [0.25, 0.3) is 0 Å². The fourth-order valence-electron chi connectivity index (χ4n) is 2.08. The van der Waals surface area contributed by atoms with Gasteiger partial charge in [0.1, 0.15) is 16.7 Å². The Hall–Kier alpha value is -2.00. The van der Waals surface area contributed by atoms with E-state index in [0.29, 0.717) is 16.0 Å². The van der Waals surface area contributed by atoms with Crippen LogP contribution >= 0.6 is 11.6 Å². The van der Waals surface area contributed by atoms with E-state index in [2.05, 4.69) is 0 Å². The summed E-state index contributed by atoms with van der Waals surface area (Å²) >= 11 is 6.09. The van der Waals surface area contributed by atoms with Crippen LogP contribution in [0.15, 0.2) is 39.5 Å². The van der Waals surface area contributed by atoms with Crippen LogP contribution in [0.3, 0.4) is 0 Å². The van der Waals surface area contributed by atoms with Crippen LogP contribution in [-0.2, 0) is 0 Å². The molecule has 0 aliphatic heterocycles. The van der Waals surface area contributed by atoms with Crippen molar-refractivity contribution in [3.8, 4) is 5.75 Å². The Morgan fingerprint density at radius 3 is 2.78 bits per heavy atom. The van der Waals surface area contributed by atoms with Crippen molar-refractivity contribution in [2.24, 2.45) is 0 Å². The van der Waals surface area contributed by atoms with Crippen LogP contribution in [-0.4, -0.2) is 5.11 Å². The highest BCUT2D eigenvalue weighted by atomic mass is 35.5. The maximum absolute atomic E-state index is 11.9. The van der Waals surface area contributed by atoms with Crippen molar-refractivity contribution in [3.05, 3.63) is 51.3 Å². The summed E-state index contributed by atoms with van der Waals surface area (Å²) in [4.78, 5) is 11.9. The van der Waals surface area contributed by atoms with Gasteiger partial charge in [-0.3, -0.25) is 0 Å². The number of fused-ring (bicyclic) bond motifs is 3. The number of aromatic hydroxyl groups is 1. The molecule has 0 aliphatic rings. The van der Waals surface area contributed by atoms with Crippen molar-refractivity contribution in [1.82, 2.24) is 0 Å². The van der Waals surface area contributed by atoms with E-state index in [-0.39, 0.29) is 11.1 Å². The van der Waals surface area contributed by atoms with Crippen LogP contribution in [0.1, 0.15) is 5.56 Å². The molecule has 0 saturated heterocycles. The van der Waals surface area contributed by atoms with Crippen LogP contribution in [0, 0.1) is 6.92 Å². The highest BCUT2D eigenvalue weighted by Crippen LogP contribution is 2.31. The molecule has 0 fully saturated rings. The molecule has 0 unspecified atom stereocenters. The molecule has 4 heteroatoms. The van der Waals surface area contributed by atoms with Gasteiger partial charge in [0.15, 0.2) is 0 Å². The summed E-state index contributed by atoms with van der Waals surface area (Å²) in [5.74, 6) is -0.0835. The van der Waals surface area contributed by atoms with E-state index in [1.54, 1.807) is 24.3 Å². The summed E-state index contributed by atoms with van der Waals surface area (Å²) in [7, 11) is 0. The summed E-state index contributed by atoms with van der Waals surface area (Å²) in [6.45, 7) is 1.84. The molecule has 0 aliphatic carbocycles. The minimum Gasteiger partial charge on any atom is -0.507 e. The lowest BCUT2D eigenvalue weighted by atomic mass is 10.1. The maximum atomic E-state index is 11.9. The summed E-state index contributed by atoms with van der Waals surface area (Å²) < 4.78 is 5.22. The summed E-state index contributed by atoms with van der Waals surface area (Å²) in [6.07, 6.45) is 0. The summed E-state index contributed by atoms with van der Waals surface area (Å²) in [5, 5.41) is 11.9. The second-order valence-electron chi connectivity index (χ2n) is 4.19. The van der Waals surface area contributed by atoms with Crippen molar-refractivity contribution in [2.45, 2.75) is 6.92 Å². The number of halogens is 1.